The molecule has 0 spiro atoms. The summed E-state index contributed by atoms with van der Waals surface area (Å²) in [6.45, 7) is 9.08. The molecule has 1 heterocycles. The smallest absolute Gasteiger partial charge is 0.0648 e. The molecule has 2 rings (SSSR count). The van der Waals surface area contributed by atoms with Gasteiger partial charge in [-0.3, -0.25) is 0 Å². The van der Waals surface area contributed by atoms with Crippen molar-refractivity contribution in [3.63, 3.8) is 0 Å². The van der Waals surface area contributed by atoms with Crippen LogP contribution in [0.2, 0.25) is 0 Å². The van der Waals surface area contributed by atoms with E-state index in [9.17, 15) is 0 Å². The number of hydrogen-bond acceptors (Lipinski definition) is 3. The van der Waals surface area contributed by atoms with E-state index in [1.54, 1.807) is 0 Å². The molecule has 3 heteroatoms. The fraction of sp³-hybridized carbons (Fsp3) is 0.600. The van der Waals surface area contributed by atoms with E-state index in [2.05, 4.69) is 31.7 Å². The molecule has 1 aliphatic heterocycles. The van der Waals surface area contributed by atoms with Crippen molar-refractivity contribution in [2.75, 3.05) is 30.3 Å². The van der Waals surface area contributed by atoms with E-state index in [1.807, 2.05) is 12.1 Å². The Hall–Kier alpha value is -1.22. The summed E-state index contributed by atoms with van der Waals surface area (Å²) in [5, 5.41) is 0. The Bertz CT molecular complexity index is 409. The number of benzene rings is 1. The number of nitrogens with zero attached hydrogens (tertiary/aromatic N) is 1. The maximum absolute atomic E-state index is 6.04. The van der Waals surface area contributed by atoms with Crippen molar-refractivity contribution < 1.29 is 4.74 Å². The Morgan fingerprint density at radius 3 is 2.83 bits per heavy atom. The van der Waals surface area contributed by atoms with Crippen LogP contribution in [0.1, 0.15) is 32.8 Å². The zero-order valence-corrected chi connectivity index (χ0v) is 11.7. The molecule has 3 nitrogen and oxygen atoms in total. The molecule has 1 aromatic rings. The first-order valence-corrected chi connectivity index (χ1v) is 6.74. The molecule has 0 radical (unpaired) electrons. The normalized spacial score (nSPS) is 15.6. The molecule has 0 aromatic heterocycles. The predicted molar refractivity (Wildman–Crippen MR) is 77.1 cm³/mol. The molecule has 0 saturated carbocycles. The van der Waals surface area contributed by atoms with E-state index in [0.29, 0.717) is 0 Å². The second-order valence-corrected chi connectivity index (χ2v) is 5.90. The molecule has 1 aliphatic rings. The summed E-state index contributed by atoms with van der Waals surface area (Å²) >= 11 is 0. The molecule has 100 valence electrons. The Kier molecular flexibility index (Phi) is 3.81. The summed E-state index contributed by atoms with van der Waals surface area (Å²) in [5.41, 5.74) is 9.50. The molecule has 0 fully saturated rings. The van der Waals surface area contributed by atoms with Gasteiger partial charge >= 0.3 is 0 Å². The molecular formula is C15H24N2O. The van der Waals surface area contributed by atoms with Crippen LogP contribution in [0, 0.1) is 0 Å². The first-order valence-electron chi connectivity index (χ1n) is 6.74. The lowest BCUT2D eigenvalue weighted by Gasteiger charge is -2.33. The van der Waals surface area contributed by atoms with Crippen molar-refractivity contribution in [2.45, 2.75) is 39.2 Å². The van der Waals surface area contributed by atoms with Crippen LogP contribution in [0.5, 0.6) is 0 Å². The van der Waals surface area contributed by atoms with Crippen molar-refractivity contribution in [1.29, 1.82) is 0 Å². The Morgan fingerprint density at radius 1 is 1.33 bits per heavy atom. The highest BCUT2D eigenvalue weighted by molar-refractivity contribution is 5.66. The second-order valence-electron chi connectivity index (χ2n) is 5.90. The van der Waals surface area contributed by atoms with Crippen molar-refractivity contribution in [3.05, 3.63) is 23.8 Å². The van der Waals surface area contributed by atoms with Gasteiger partial charge in [-0.25, -0.2) is 0 Å². The summed E-state index contributed by atoms with van der Waals surface area (Å²) in [7, 11) is 0. The Labute approximate surface area is 110 Å². The lowest BCUT2D eigenvalue weighted by Crippen LogP contribution is -2.34. The minimum absolute atomic E-state index is 0.0612. The van der Waals surface area contributed by atoms with Gasteiger partial charge in [0.2, 0.25) is 0 Å². The quantitative estimate of drug-likeness (QED) is 0.836. The monoisotopic (exact) mass is 248 g/mol. The van der Waals surface area contributed by atoms with Crippen LogP contribution in [0.25, 0.3) is 0 Å². The zero-order valence-electron chi connectivity index (χ0n) is 11.7. The molecule has 0 aliphatic carbocycles. The second kappa shape index (κ2) is 5.19. The van der Waals surface area contributed by atoms with Crippen LogP contribution < -0.4 is 10.6 Å². The number of anilines is 2. The number of ether oxygens (including phenoxy) is 1. The number of hydrogen-bond donors (Lipinski definition) is 1. The number of nitrogens with two attached hydrogens (primary N) is 1. The highest BCUT2D eigenvalue weighted by Gasteiger charge is 2.19. The summed E-state index contributed by atoms with van der Waals surface area (Å²) in [5.74, 6) is 0. The summed E-state index contributed by atoms with van der Waals surface area (Å²) in [6.07, 6.45) is 2.27. The van der Waals surface area contributed by atoms with Gasteiger partial charge in [0.05, 0.1) is 12.2 Å². The van der Waals surface area contributed by atoms with Gasteiger partial charge in [0.15, 0.2) is 0 Å². The van der Waals surface area contributed by atoms with E-state index < -0.39 is 0 Å². The third kappa shape index (κ3) is 3.16. The van der Waals surface area contributed by atoms with Crippen molar-refractivity contribution in [1.82, 2.24) is 0 Å². The highest BCUT2D eigenvalue weighted by atomic mass is 16.5. The lowest BCUT2D eigenvalue weighted by molar-refractivity contribution is 0.00128. The van der Waals surface area contributed by atoms with Crippen molar-refractivity contribution in [3.8, 4) is 0 Å². The fourth-order valence-corrected chi connectivity index (χ4v) is 2.42. The Balaban J connectivity index is 2.02. The predicted octanol–water partition coefficient (Wildman–Crippen LogP) is 2.84. The van der Waals surface area contributed by atoms with Gasteiger partial charge in [0, 0.05) is 24.5 Å². The van der Waals surface area contributed by atoms with Crippen LogP contribution in [-0.4, -0.2) is 25.3 Å². The van der Waals surface area contributed by atoms with Crippen molar-refractivity contribution in [2.24, 2.45) is 0 Å². The summed E-state index contributed by atoms with van der Waals surface area (Å²) in [4.78, 5) is 2.39. The van der Waals surface area contributed by atoms with Crippen LogP contribution in [0.4, 0.5) is 11.4 Å². The lowest BCUT2D eigenvalue weighted by atomic mass is 10.00. The van der Waals surface area contributed by atoms with E-state index in [0.717, 1.165) is 31.8 Å². The van der Waals surface area contributed by atoms with Gasteiger partial charge < -0.3 is 15.4 Å². The van der Waals surface area contributed by atoms with Crippen LogP contribution in [-0.2, 0) is 11.2 Å². The first kappa shape index (κ1) is 13.2. The maximum Gasteiger partial charge on any atom is 0.0648 e. The largest absolute Gasteiger partial charge is 0.398 e. The van der Waals surface area contributed by atoms with Gasteiger partial charge in [-0.2, -0.15) is 0 Å². The maximum atomic E-state index is 6.04. The standard InChI is InChI=1S/C15H24N2O/c1-15(2,3)18-11-10-17-9-5-6-12-13(16)7-4-8-14(12)17/h4,7-8H,5-6,9-11,16H2,1-3H3. The third-order valence-corrected chi connectivity index (χ3v) is 3.28. The molecule has 0 bridgehead atoms. The van der Waals surface area contributed by atoms with E-state index >= 15 is 0 Å². The summed E-state index contributed by atoms with van der Waals surface area (Å²) < 4.78 is 5.80. The number of nitrogen functional groups attached to an aromatic ring is 1. The molecule has 0 saturated heterocycles. The minimum Gasteiger partial charge on any atom is -0.398 e. The van der Waals surface area contributed by atoms with Crippen molar-refractivity contribution >= 4 is 11.4 Å². The topological polar surface area (TPSA) is 38.5 Å². The van der Waals surface area contributed by atoms with Gasteiger partial charge in [-0.05, 0) is 51.3 Å². The molecule has 18 heavy (non-hydrogen) atoms. The summed E-state index contributed by atoms with van der Waals surface area (Å²) in [6, 6.07) is 6.20. The minimum atomic E-state index is -0.0612. The molecular weight excluding hydrogens is 224 g/mol. The van der Waals surface area contributed by atoms with Gasteiger partial charge in [-0.15, -0.1) is 0 Å². The average molecular weight is 248 g/mol. The van der Waals surface area contributed by atoms with E-state index in [4.69, 9.17) is 10.5 Å². The van der Waals surface area contributed by atoms with Crippen LogP contribution >= 0.6 is 0 Å². The van der Waals surface area contributed by atoms with Crippen LogP contribution in [0.3, 0.4) is 0 Å². The molecule has 0 amide bonds. The molecule has 1 aromatic carbocycles. The van der Waals surface area contributed by atoms with Crippen LogP contribution in [0.15, 0.2) is 18.2 Å². The third-order valence-electron chi connectivity index (χ3n) is 3.28. The van der Waals surface area contributed by atoms with E-state index in [1.165, 1.54) is 17.7 Å². The van der Waals surface area contributed by atoms with Gasteiger partial charge in [0.25, 0.3) is 0 Å². The number of rotatable bonds is 3. The Morgan fingerprint density at radius 2 is 2.11 bits per heavy atom. The molecule has 2 N–H and O–H groups in total. The SMILES string of the molecule is CC(C)(C)OCCN1CCCc2c(N)cccc21. The van der Waals surface area contributed by atoms with E-state index in [-0.39, 0.29) is 5.60 Å². The molecule has 0 atom stereocenters. The fourth-order valence-electron chi connectivity index (χ4n) is 2.42. The first-order chi connectivity index (χ1) is 8.47. The molecule has 0 unspecified atom stereocenters. The van der Waals surface area contributed by atoms with Gasteiger partial charge in [-0.1, -0.05) is 6.07 Å². The van der Waals surface area contributed by atoms with Gasteiger partial charge in [0.1, 0.15) is 0 Å². The zero-order chi connectivity index (χ0) is 13.2. The average Bonchev–Trinajstić information content (AvgIpc) is 2.29. The highest BCUT2D eigenvalue weighted by Crippen LogP contribution is 2.30. The number of fused-ring (bicyclic) bond motifs is 1.